The van der Waals surface area contributed by atoms with Gasteiger partial charge in [0, 0.05) is 25.3 Å². The molecular formula is C26H26N8O2. The van der Waals surface area contributed by atoms with Crippen molar-refractivity contribution in [1.82, 2.24) is 29.5 Å². The number of hydrogen-bond donors (Lipinski definition) is 1. The Morgan fingerprint density at radius 2 is 1.97 bits per heavy atom. The fourth-order valence-corrected chi connectivity index (χ4v) is 4.38. The Morgan fingerprint density at radius 1 is 1.06 bits per heavy atom. The van der Waals surface area contributed by atoms with Crippen LogP contribution in [-0.2, 0) is 11.8 Å². The average molecular weight is 483 g/mol. The van der Waals surface area contributed by atoms with Crippen LogP contribution in [-0.4, -0.2) is 55.3 Å². The van der Waals surface area contributed by atoms with Crippen LogP contribution < -0.4 is 15.0 Å². The van der Waals surface area contributed by atoms with Gasteiger partial charge in [-0.1, -0.05) is 0 Å². The van der Waals surface area contributed by atoms with Gasteiger partial charge in [0.05, 0.1) is 42.8 Å². The van der Waals surface area contributed by atoms with Crippen LogP contribution >= 0.6 is 0 Å². The maximum Gasteiger partial charge on any atom is 0.226 e. The van der Waals surface area contributed by atoms with Crippen LogP contribution in [0.25, 0.3) is 22.1 Å². The summed E-state index contributed by atoms with van der Waals surface area (Å²) in [4.78, 5) is 24.7. The van der Waals surface area contributed by atoms with Gasteiger partial charge in [-0.2, -0.15) is 0 Å². The molecule has 5 aromatic rings. The lowest BCUT2D eigenvalue weighted by Crippen LogP contribution is -2.44. The van der Waals surface area contributed by atoms with Gasteiger partial charge in [-0.3, -0.25) is 0 Å². The molecule has 0 spiro atoms. The topological polar surface area (TPSA) is 103 Å². The molecule has 1 N–H and O–H groups in total. The Kier molecular flexibility index (Phi) is 5.57. The standard InChI is InChI=1S/C26H26N8O2/c1-16-10-18(4-7-23(16)36-19-5-6-22-20(11-19)30-15-33(22)3)31-25-24-21(28-14-29-25)12-27-26(32-24)34-8-9-35-13-17(34)2/h4-7,10-12,14-15,17H,8-9,13H2,1-3H3,(H,28,29,31)/t17-/m0/s1. The molecule has 1 aliphatic rings. The fourth-order valence-electron chi connectivity index (χ4n) is 4.38. The summed E-state index contributed by atoms with van der Waals surface area (Å²) in [5.74, 6) is 2.79. The van der Waals surface area contributed by atoms with Crippen LogP contribution in [0.15, 0.2) is 55.2 Å². The lowest BCUT2D eigenvalue weighted by molar-refractivity contribution is 0.0981. The average Bonchev–Trinajstić information content (AvgIpc) is 3.26. The lowest BCUT2D eigenvalue weighted by Gasteiger charge is -2.33. The van der Waals surface area contributed by atoms with Crippen molar-refractivity contribution in [3.63, 3.8) is 0 Å². The Hall–Kier alpha value is -4.31. The van der Waals surface area contributed by atoms with E-state index in [9.17, 15) is 0 Å². The van der Waals surface area contributed by atoms with Gasteiger partial charge in [-0.15, -0.1) is 0 Å². The molecule has 4 heterocycles. The number of anilines is 3. The second kappa shape index (κ2) is 9.04. The van der Waals surface area contributed by atoms with Crippen LogP contribution in [0, 0.1) is 6.92 Å². The number of benzene rings is 2. The van der Waals surface area contributed by atoms with E-state index in [1.165, 1.54) is 6.33 Å². The Morgan fingerprint density at radius 3 is 2.83 bits per heavy atom. The number of aromatic nitrogens is 6. The van der Waals surface area contributed by atoms with Crippen LogP contribution in [0.2, 0.25) is 0 Å². The number of morpholine rings is 1. The van der Waals surface area contributed by atoms with Gasteiger partial charge in [-0.25, -0.2) is 24.9 Å². The molecule has 1 saturated heterocycles. The molecular weight excluding hydrogens is 456 g/mol. The van der Waals surface area contributed by atoms with Crippen molar-refractivity contribution >= 4 is 39.5 Å². The minimum atomic E-state index is 0.200. The first-order chi connectivity index (χ1) is 17.5. The summed E-state index contributed by atoms with van der Waals surface area (Å²) in [6.07, 6.45) is 5.06. The number of nitrogens with zero attached hydrogens (tertiary/aromatic N) is 7. The predicted octanol–water partition coefficient (Wildman–Crippen LogP) is 4.38. The molecule has 0 saturated carbocycles. The van der Waals surface area contributed by atoms with Crippen LogP contribution in [0.5, 0.6) is 11.5 Å². The third-order valence-electron chi connectivity index (χ3n) is 6.35. The SMILES string of the molecule is Cc1cc(Nc2ncnc3cnc(N4CCOC[C@@H]4C)nc23)ccc1Oc1ccc2c(c1)ncn2C. The molecule has 6 rings (SSSR count). The summed E-state index contributed by atoms with van der Waals surface area (Å²) in [6.45, 7) is 6.18. The van der Waals surface area contributed by atoms with E-state index < -0.39 is 0 Å². The summed E-state index contributed by atoms with van der Waals surface area (Å²) in [5, 5.41) is 3.39. The van der Waals surface area contributed by atoms with Gasteiger partial charge in [0.2, 0.25) is 5.95 Å². The van der Waals surface area contributed by atoms with Crippen molar-refractivity contribution in [2.24, 2.45) is 7.05 Å². The van der Waals surface area contributed by atoms with E-state index in [-0.39, 0.29) is 6.04 Å². The number of aryl methyl sites for hydroxylation is 2. The number of rotatable bonds is 5. The van der Waals surface area contributed by atoms with Gasteiger partial charge < -0.3 is 24.3 Å². The Labute approximate surface area is 208 Å². The Bertz CT molecular complexity index is 1570. The molecule has 2 aromatic carbocycles. The zero-order valence-electron chi connectivity index (χ0n) is 20.3. The van der Waals surface area contributed by atoms with Gasteiger partial charge >= 0.3 is 0 Å². The summed E-state index contributed by atoms with van der Waals surface area (Å²) in [7, 11) is 1.97. The second-order valence-corrected chi connectivity index (χ2v) is 8.96. The van der Waals surface area contributed by atoms with E-state index in [0.29, 0.717) is 36.0 Å². The first-order valence-electron chi connectivity index (χ1n) is 11.8. The van der Waals surface area contributed by atoms with Crippen molar-refractivity contribution in [3.8, 4) is 11.5 Å². The molecule has 10 nitrogen and oxygen atoms in total. The highest BCUT2D eigenvalue weighted by Crippen LogP contribution is 2.31. The molecule has 36 heavy (non-hydrogen) atoms. The molecule has 10 heteroatoms. The number of nitrogens with one attached hydrogen (secondary N) is 1. The molecule has 1 aliphatic heterocycles. The highest BCUT2D eigenvalue weighted by molar-refractivity contribution is 5.87. The van der Waals surface area contributed by atoms with Crippen molar-refractivity contribution < 1.29 is 9.47 Å². The third-order valence-corrected chi connectivity index (χ3v) is 6.35. The highest BCUT2D eigenvalue weighted by Gasteiger charge is 2.22. The number of fused-ring (bicyclic) bond motifs is 2. The van der Waals surface area contributed by atoms with Crippen LogP contribution in [0.1, 0.15) is 12.5 Å². The van der Waals surface area contributed by atoms with E-state index in [1.54, 1.807) is 12.5 Å². The quantitative estimate of drug-likeness (QED) is 0.391. The molecule has 3 aromatic heterocycles. The molecule has 182 valence electrons. The van der Waals surface area contributed by atoms with E-state index in [0.717, 1.165) is 40.3 Å². The molecule has 1 atom stereocenters. The minimum absolute atomic E-state index is 0.200. The molecule has 0 unspecified atom stereocenters. The number of hydrogen-bond acceptors (Lipinski definition) is 9. The normalized spacial score (nSPS) is 16.0. The van der Waals surface area contributed by atoms with Crippen molar-refractivity contribution in [3.05, 3.63) is 60.8 Å². The van der Waals surface area contributed by atoms with Crippen molar-refractivity contribution in [2.45, 2.75) is 19.9 Å². The number of imidazole rings is 1. The zero-order chi connectivity index (χ0) is 24.6. The number of ether oxygens (including phenoxy) is 2. The summed E-state index contributed by atoms with van der Waals surface area (Å²) < 4.78 is 13.7. The second-order valence-electron chi connectivity index (χ2n) is 8.96. The molecule has 1 fully saturated rings. The first-order valence-corrected chi connectivity index (χ1v) is 11.8. The van der Waals surface area contributed by atoms with Crippen LogP contribution in [0.4, 0.5) is 17.5 Å². The van der Waals surface area contributed by atoms with Gasteiger partial charge in [0.25, 0.3) is 0 Å². The third kappa shape index (κ3) is 4.16. The minimum Gasteiger partial charge on any atom is -0.457 e. The maximum atomic E-state index is 6.16. The summed E-state index contributed by atoms with van der Waals surface area (Å²) >= 11 is 0. The van der Waals surface area contributed by atoms with Gasteiger partial charge in [0.15, 0.2) is 5.82 Å². The predicted molar refractivity (Wildman–Crippen MR) is 138 cm³/mol. The van der Waals surface area contributed by atoms with Crippen molar-refractivity contribution in [2.75, 3.05) is 30.0 Å². The lowest BCUT2D eigenvalue weighted by atomic mass is 10.2. The van der Waals surface area contributed by atoms with E-state index in [1.807, 2.05) is 54.9 Å². The summed E-state index contributed by atoms with van der Waals surface area (Å²) in [5.41, 5.74) is 5.17. The summed E-state index contributed by atoms with van der Waals surface area (Å²) in [6, 6.07) is 12.0. The molecule has 0 aliphatic carbocycles. The van der Waals surface area contributed by atoms with Crippen LogP contribution in [0.3, 0.4) is 0 Å². The molecule has 0 radical (unpaired) electrons. The zero-order valence-corrected chi connectivity index (χ0v) is 20.3. The highest BCUT2D eigenvalue weighted by atomic mass is 16.5. The van der Waals surface area contributed by atoms with Crippen molar-refractivity contribution in [1.29, 1.82) is 0 Å². The monoisotopic (exact) mass is 482 g/mol. The first kappa shape index (κ1) is 22.2. The van der Waals surface area contributed by atoms with E-state index in [4.69, 9.17) is 14.5 Å². The maximum absolute atomic E-state index is 6.16. The molecule has 0 bridgehead atoms. The van der Waals surface area contributed by atoms with Gasteiger partial charge in [0.1, 0.15) is 28.9 Å². The Balaban J connectivity index is 1.25. The van der Waals surface area contributed by atoms with Gasteiger partial charge in [-0.05, 0) is 49.7 Å². The molecule has 0 amide bonds. The van der Waals surface area contributed by atoms with E-state index in [2.05, 4.69) is 37.1 Å². The smallest absolute Gasteiger partial charge is 0.226 e. The fraction of sp³-hybridized carbons (Fsp3) is 0.269. The van der Waals surface area contributed by atoms with E-state index >= 15 is 0 Å². The largest absolute Gasteiger partial charge is 0.457 e.